The molecule has 1 fully saturated rings. The molecule has 1 amide bonds. The molecule has 3 rings (SSSR count). The van der Waals surface area contributed by atoms with Gasteiger partial charge < -0.3 is 4.90 Å². The Morgan fingerprint density at radius 1 is 1.33 bits per heavy atom. The first kappa shape index (κ1) is 11.4. The van der Waals surface area contributed by atoms with Crippen LogP contribution in [-0.4, -0.2) is 22.3 Å². The third-order valence-electron chi connectivity index (χ3n) is 3.37. The molecule has 0 bridgehead atoms. The molecule has 0 radical (unpaired) electrons. The van der Waals surface area contributed by atoms with Crippen molar-refractivity contribution in [2.75, 3.05) is 6.54 Å². The van der Waals surface area contributed by atoms with Gasteiger partial charge in [0.2, 0.25) is 0 Å². The Morgan fingerprint density at radius 2 is 2.17 bits per heavy atom. The van der Waals surface area contributed by atoms with Crippen molar-refractivity contribution in [3.05, 3.63) is 52.5 Å². The Kier molecular flexibility index (Phi) is 3.11. The SMILES string of the molecule is O=C(c1ccsc1)N1CCCC1c1ccncc1. The smallest absolute Gasteiger partial charge is 0.255 e. The number of thiophene rings is 1. The van der Waals surface area contributed by atoms with Gasteiger partial charge in [-0.2, -0.15) is 11.3 Å². The van der Waals surface area contributed by atoms with E-state index in [0.29, 0.717) is 0 Å². The number of hydrogen-bond acceptors (Lipinski definition) is 3. The van der Waals surface area contributed by atoms with Crippen molar-refractivity contribution >= 4 is 17.2 Å². The number of nitrogens with zero attached hydrogens (tertiary/aromatic N) is 2. The van der Waals surface area contributed by atoms with Crippen LogP contribution in [0, 0.1) is 0 Å². The van der Waals surface area contributed by atoms with Crippen molar-refractivity contribution in [3.63, 3.8) is 0 Å². The lowest BCUT2D eigenvalue weighted by Crippen LogP contribution is -2.30. The summed E-state index contributed by atoms with van der Waals surface area (Å²) in [6, 6.07) is 6.11. The summed E-state index contributed by atoms with van der Waals surface area (Å²) >= 11 is 1.57. The predicted octanol–water partition coefficient (Wildman–Crippen LogP) is 3.12. The van der Waals surface area contributed by atoms with Gasteiger partial charge in [-0.05, 0) is 42.0 Å². The normalized spacial score (nSPS) is 19.1. The van der Waals surface area contributed by atoms with E-state index >= 15 is 0 Å². The Bertz CT molecular complexity index is 524. The van der Waals surface area contributed by atoms with Crippen molar-refractivity contribution in [2.45, 2.75) is 18.9 Å². The molecule has 3 heterocycles. The van der Waals surface area contributed by atoms with E-state index in [0.717, 1.165) is 24.9 Å². The molecular weight excluding hydrogens is 244 g/mol. The van der Waals surface area contributed by atoms with Crippen molar-refractivity contribution in [1.29, 1.82) is 0 Å². The zero-order valence-corrected chi connectivity index (χ0v) is 10.8. The number of carbonyl (C=O) groups is 1. The Morgan fingerprint density at radius 3 is 2.89 bits per heavy atom. The van der Waals surface area contributed by atoms with Gasteiger partial charge in [0, 0.05) is 24.3 Å². The van der Waals surface area contributed by atoms with E-state index in [9.17, 15) is 4.79 Å². The number of likely N-dealkylation sites (tertiary alicyclic amines) is 1. The number of aromatic nitrogens is 1. The van der Waals surface area contributed by atoms with Crippen LogP contribution in [0.25, 0.3) is 0 Å². The second-order valence-electron chi connectivity index (χ2n) is 4.45. The van der Waals surface area contributed by atoms with E-state index in [1.54, 1.807) is 23.7 Å². The van der Waals surface area contributed by atoms with Crippen LogP contribution in [0.1, 0.15) is 34.8 Å². The fourth-order valence-corrected chi connectivity index (χ4v) is 3.12. The van der Waals surface area contributed by atoms with Crippen molar-refractivity contribution in [3.8, 4) is 0 Å². The maximum atomic E-state index is 12.4. The van der Waals surface area contributed by atoms with Gasteiger partial charge in [-0.25, -0.2) is 0 Å². The average Bonchev–Trinajstić information content (AvgIpc) is 3.10. The highest BCUT2D eigenvalue weighted by atomic mass is 32.1. The third-order valence-corrected chi connectivity index (χ3v) is 4.06. The molecule has 1 atom stereocenters. The average molecular weight is 258 g/mol. The maximum absolute atomic E-state index is 12.4. The van der Waals surface area contributed by atoms with Crippen LogP contribution in [0.15, 0.2) is 41.4 Å². The van der Waals surface area contributed by atoms with Crippen LogP contribution in [0.5, 0.6) is 0 Å². The molecule has 1 unspecified atom stereocenters. The summed E-state index contributed by atoms with van der Waals surface area (Å²) in [5, 5.41) is 3.87. The zero-order valence-electron chi connectivity index (χ0n) is 9.95. The van der Waals surface area contributed by atoms with E-state index in [1.807, 2.05) is 33.9 Å². The first-order valence-corrected chi connectivity index (χ1v) is 7.03. The summed E-state index contributed by atoms with van der Waals surface area (Å²) in [5.74, 6) is 0.149. The van der Waals surface area contributed by atoms with Gasteiger partial charge >= 0.3 is 0 Å². The molecule has 2 aromatic heterocycles. The highest BCUT2D eigenvalue weighted by molar-refractivity contribution is 7.08. The lowest BCUT2D eigenvalue weighted by atomic mass is 10.1. The molecule has 18 heavy (non-hydrogen) atoms. The summed E-state index contributed by atoms with van der Waals surface area (Å²) < 4.78 is 0. The largest absolute Gasteiger partial charge is 0.332 e. The predicted molar refractivity (Wildman–Crippen MR) is 71.6 cm³/mol. The molecule has 0 spiro atoms. The minimum absolute atomic E-state index is 0.149. The molecule has 2 aromatic rings. The Balaban J connectivity index is 1.86. The number of hydrogen-bond donors (Lipinski definition) is 0. The minimum Gasteiger partial charge on any atom is -0.332 e. The van der Waals surface area contributed by atoms with Crippen molar-refractivity contribution in [1.82, 2.24) is 9.88 Å². The number of carbonyl (C=O) groups excluding carboxylic acids is 1. The topological polar surface area (TPSA) is 33.2 Å². The summed E-state index contributed by atoms with van der Waals surface area (Å²) in [4.78, 5) is 18.4. The van der Waals surface area contributed by atoms with Gasteiger partial charge in [0.25, 0.3) is 5.91 Å². The van der Waals surface area contributed by atoms with Crippen LogP contribution in [0.4, 0.5) is 0 Å². The molecule has 0 saturated carbocycles. The summed E-state index contributed by atoms with van der Waals surface area (Å²) in [6.07, 6.45) is 5.70. The number of amides is 1. The van der Waals surface area contributed by atoms with Crippen LogP contribution in [0.2, 0.25) is 0 Å². The fourth-order valence-electron chi connectivity index (χ4n) is 2.49. The number of pyridine rings is 1. The highest BCUT2D eigenvalue weighted by Crippen LogP contribution is 2.32. The lowest BCUT2D eigenvalue weighted by Gasteiger charge is -2.24. The molecule has 0 N–H and O–H groups in total. The molecule has 0 aliphatic carbocycles. The van der Waals surface area contributed by atoms with Crippen LogP contribution in [-0.2, 0) is 0 Å². The molecule has 0 aromatic carbocycles. The second kappa shape index (κ2) is 4.90. The first-order valence-electron chi connectivity index (χ1n) is 6.09. The molecule has 4 heteroatoms. The van der Waals surface area contributed by atoms with E-state index in [4.69, 9.17) is 0 Å². The van der Waals surface area contributed by atoms with E-state index in [-0.39, 0.29) is 11.9 Å². The van der Waals surface area contributed by atoms with Crippen molar-refractivity contribution < 1.29 is 4.79 Å². The molecule has 92 valence electrons. The first-order chi connectivity index (χ1) is 8.86. The van der Waals surface area contributed by atoms with Crippen molar-refractivity contribution in [2.24, 2.45) is 0 Å². The summed E-state index contributed by atoms with van der Waals surface area (Å²) in [5.41, 5.74) is 1.99. The molecule has 1 aliphatic rings. The lowest BCUT2D eigenvalue weighted by molar-refractivity contribution is 0.0736. The molecule has 1 aliphatic heterocycles. The number of rotatable bonds is 2. The monoisotopic (exact) mass is 258 g/mol. The molecular formula is C14H14N2OS. The standard InChI is InChI=1S/C14H14N2OS/c17-14(12-5-9-18-10-12)16-8-1-2-13(16)11-3-6-15-7-4-11/h3-7,9-10,13H,1-2,8H2. The van der Waals surface area contributed by atoms with E-state index < -0.39 is 0 Å². The van der Waals surface area contributed by atoms with Gasteiger partial charge in [0.15, 0.2) is 0 Å². The van der Waals surface area contributed by atoms with Gasteiger partial charge in [0.1, 0.15) is 0 Å². The van der Waals surface area contributed by atoms with Crippen LogP contribution in [0.3, 0.4) is 0 Å². The van der Waals surface area contributed by atoms with E-state index in [2.05, 4.69) is 4.98 Å². The quantitative estimate of drug-likeness (QED) is 0.829. The Hall–Kier alpha value is -1.68. The highest BCUT2D eigenvalue weighted by Gasteiger charge is 2.30. The Labute approximate surface area is 110 Å². The second-order valence-corrected chi connectivity index (χ2v) is 5.23. The van der Waals surface area contributed by atoms with Crippen LogP contribution < -0.4 is 0 Å². The zero-order chi connectivity index (χ0) is 12.4. The van der Waals surface area contributed by atoms with Gasteiger partial charge in [0.05, 0.1) is 11.6 Å². The summed E-state index contributed by atoms with van der Waals surface area (Å²) in [7, 11) is 0. The minimum atomic E-state index is 0.149. The molecule has 3 nitrogen and oxygen atoms in total. The summed E-state index contributed by atoms with van der Waals surface area (Å²) in [6.45, 7) is 0.849. The van der Waals surface area contributed by atoms with Gasteiger partial charge in [-0.15, -0.1) is 0 Å². The molecule has 1 saturated heterocycles. The van der Waals surface area contributed by atoms with Gasteiger partial charge in [-0.1, -0.05) is 0 Å². The fraction of sp³-hybridized carbons (Fsp3) is 0.286. The van der Waals surface area contributed by atoms with Gasteiger partial charge in [-0.3, -0.25) is 9.78 Å². The van der Waals surface area contributed by atoms with E-state index in [1.165, 1.54) is 5.56 Å². The maximum Gasteiger partial charge on any atom is 0.255 e. The van der Waals surface area contributed by atoms with Crippen LogP contribution >= 0.6 is 11.3 Å². The third kappa shape index (κ3) is 2.04.